The number of nitrogens with zero attached hydrogens (tertiary/aromatic N) is 1. The number of hydrogen-bond donors (Lipinski definition) is 2. The number of unbranched alkanes of at least 4 members (excludes halogenated alkanes) is 1. The van der Waals surface area contributed by atoms with Gasteiger partial charge >= 0.3 is 0 Å². The summed E-state index contributed by atoms with van der Waals surface area (Å²) in [6, 6.07) is 9.64. The highest BCUT2D eigenvalue weighted by molar-refractivity contribution is 5.46. The molecule has 3 nitrogen and oxygen atoms in total. The first kappa shape index (κ1) is 11.5. The Morgan fingerprint density at radius 1 is 1.13 bits per heavy atom. The predicted octanol–water partition coefficient (Wildman–Crippen LogP) is 1.97. The Morgan fingerprint density at radius 3 is 2.40 bits per heavy atom. The molecule has 0 bridgehead atoms. The molecule has 1 rings (SSSR count). The van der Waals surface area contributed by atoms with Crippen LogP contribution < -0.4 is 10.6 Å². The molecule has 1 aromatic carbocycles. The summed E-state index contributed by atoms with van der Waals surface area (Å²) in [7, 11) is 1.97. The standard InChI is InChI=1S/C12H17N3/c1-14-8-2-3-9-15-12-6-4-11(10-13)5-7-12/h4-7,14-15H,2-3,8-9H2,1H3. The molecule has 80 valence electrons. The molecule has 0 unspecified atom stereocenters. The van der Waals surface area contributed by atoms with Crippen LogP contribution in [0.1, 0.15) is 18.4 Å². The third kappa shape index (κ3) is 4.48. The molecule has 0 aromatic heterocycles. The van der Waals surface area contributed by atoms with Crippen molar-refractivity contribution in [1.82, 2.24) is 5.32 Å². The summed E-state index contributed by atoms with van der Waals surface area (Å²) in [6.07, 6.45) is 2.33. The average molecular weight is 203 g/mol. The van der Waals surface area contributed by atoms with Crippen LogP contribution in [0.5, 0.6) is 0 Å². The highest BCUT2D eigenvalue weighted by Crippen LogP contribution is 2.08. The lowest BCUT2D eigenvalue weighted by Gasteiger charge is -2.05. The van der Waals surface area contributed by atoms with Gasteiger partial charge in [-0.3, -0.25) is 0 Å². The van der Waals surface area contributed by atoms with Gasteiger partial charge in [-0.15, -0.1) is 0 Å². The van der Waals surface area contributed by atoms with Crippen molar-refractivity contribution in [3.63, 3.8) is 0 Å². The van der Waals surface area contributed by atoms with E-state index in [2.05, 4.69) is 16.7 Å². The largest absolute Gasteiger partial charge is 0.385 e. The first-order valence-electron chi connectivity index (χ1n) is 5.25. The minimum atomic E-state index is 0.704. The van der Waals surface area contributed by atoms with Gasteiger partial charge in [-0.25, -0.2) is 0 Å². The van der Waals surface area contributed by atoms with Crippen molar-refractivity contribution in [2.45, 2.75) is 12.8 Å². The third-order valence-corrected chi connectivity index (χ3v) is 2.20. The molecule has 0 amide bonds. The first-order chi connectivity index (χ1) is 7.36. The van der Waals surface area contributed by atoms with Crippen molar-refractivity contribution >= 4 is 5.69 Å². The lowest BCUT2D eigenvalue weighted by molar-refractivity contribution is 0.694. The molecule has 0 atom stereocenters. The highest BCUT2D eigenvalue weighted by Gasteiger charge is 1.92. The predicted molar refractivity (Wildman–Crippen MR) is 62.8 cm³/mol. The quantitative estimate of drug-likeness (QED) is 0.695. The molecule has 0 heterocycles. The summed E-state index contributed by atoms with van der Waals surface area (Å²) < 4.78 is 0. The monoisotopic (exact) mass is 203 g/mol. The van der Waals surface area contributed by atoms with Gasteiger partial charge in [-0.2, -0.15) is 5.26 Å². The second-order valence-electron chi connectivity index (χ2n) is 3.43. The fourth-order valence-electron chi connectivity index (χ4n) is 1.32. The molecular formula is C12H17N3. The molecule has 0 aliphatic rings. The number of hydrogen-bond acceptors (Lipinski definition) is 3. The van der Waals surface area contributed by atoms with Gasteiger partial charge in [-0.05, 0) is 50.7 Å². The second kappa shape index (κ2) is 6.86. The number of benzene rings is 1. The molecule has 1 aromatic rings. The smallest absolute Gasteiger partial charge is 0.0991 e. The van der Waals surface area contributed by atoms with E-state index < -0.39 is 0 Å². The molecule has 0 radical (unpaired) electrons. The summed E-state index contributed by atoms with van der Waals surface area (Å²) >= 11 is 0. The Bertz CT molecular complexity index is 311. The van der Waals surface area contributed by atoms with Gasteiger partial charge in [0.2, 0.25) is 0 Å². The molecule has 0 fully saturated rings. The Kier molecular flexibility index (Phi) is 5.28. The van der Waals surface area contributed by atoms with Crippen LogP contribution in [0.4, 0.5) is 5.69 Å². The Hall–Kier alpha value is -1.53. The molecule has 0 saturated carbocycles. The van der Waals surface area contributed by atoms with Crippen molar-refractivity contribution in [2.24, 2.45) is 0 Å². The van der Waals surface area contributed by atoms with E-state index in [4.69, 9.17) is 5.26 Å². The number of nitrogens with one attached hydrogen (secondary N) is 2. The lowest BCUT2D eigenvalue weighted by Crippen LogP contribution is -2.10. The maximum Gasteiger partial charge on any atom is 0.0991 e. The summed E-state index contributed by atoms with van der Waals surface area (Å²) in [6.45, 7) is 2.04. The summed E-state index contributed by atoms with van der Waals surface area (Å²) in [5.41, 5.74) is 1.79. The minimum Gasteiger partial charge on any atom is -0.385 e. The van der Waals surface area contributed by atoms with E-state index >= 15 is 0 Å². The minimum absolute atomic E-state index is 0.704. The second-order valence-corrected chi connectivity index (χ2v) is 3.43. The van der Waals surface area contributed by atoms with Crippen LogP contribution in [-0.4, -0.2) is 20.1 Å². The summed E-state index contributed by atoms with van der Waals surface area (Å²) in [4.78, 5) is 0. The van der Waals surface area contributed by atoms with Gasteiger partial charge in [0.25, 0.3) is 0 Å². The molecule has 0 spiro atoms. The average Bonchev–Trinajstić information content (AvgIpc) is 2.30. The van der Waals surface area contributed by atoms with Gasteiger partial charge in [0.15, 0.2) is 0 Å². The molecule has 15 heavy (non-hydrogen) atoms. The maximum absolute atomic E-state index is 8.62. The molecule has 0 aliphatic heterocycles. The van der Waals surface area contributed by atoms with Crippen LogP contribution in [0.25, 0.3) is 0 Å². The first-order valence-corrected chi connectivity index (χ1v) is 5.25. The SMILES string of the molecule is CNCCCCNc1ccc(C#N)cc1. The van der Waals surface area contributed by atoms with Gasteiger partial charge in [0, 0.05) is 12.2 Å². The van der Waals surface area contributed by atoms with Crippen molar-refractivity contribution in [3.8, 4) is 6.07 Å². The fourth-order valence-corrected chi connectivity index (χ4v) is 1.32. The van der Waals surface area contributed by atoms with Crippen LogP contribution in [0.15, 0.2) is 24.3 Å². The summed E-state index contributed by atoms with van der Waals surface area (Å²) in [5, 5.41) is 15.1. The Morgan fingerprint density at radius 2 is 1.80 bits per heavy atom. The molecule has 0 saturated heterocycles. The molecule has 2 N–H and O–H groups in total. The number of nitriles is 1. The lowest BCUT2D eigenvalue weighted by atomic mass is 10.2. The van der Waals surface area contributed by atoms with Gasteiger partial charge < -0.3 is 10.6 Å². The van der Waals surface area contributed by atoms with E-state index in [1.165, 1.54) is 6.42 Å². The van der Waals surface area contributed by atoms with E-state index in [0.717, 1.165) is 25.2 Å². The molecule has 3 heteroatoms. The molecule has 0 aliphatic carbocycles. The zero-order valence-corrected chi connectivity index (χ0v) is 9.09. The van der Waals surface area contributed by atoms with Crippen LogP contribution in [0, 0.1) is 11.3 Å². The molecular weight excluding hydrogens is 186 g/mol. The van der Waals surface area contributed by atoms with Crippen LogP contribution >= 0.6 is 0 Å². The number of anilines is 1. The Labute approximate surface area is 91.1 Å². The van der Waals surface area contributed by atoms with Gasteiger partial charge in [-0.1, -0.05) is 0 Å². The maximum atomic E-state index is 8.62. The van der Waals surface area contributed by atoms with Crippen molar-refractivity contribution in [2.75, 3.05) is 25.5 Å². The Balaban J connectivity index is 2.23. The zero-order chi connectivity index (χ0) is 10.9. The highest BCUT2D eigenvalue weighted by atomic mass is 14.9. The van der Waals surface area contributed by atoms with E-state index in [1.807, 2.05) is 31.3 Å². The van der Waals surface area contributed by atoms with Crippen molar-refractivity contribution < 1.29 is 0 Å². The van der Waals surface area contributed by atoms with Crippen molar-refractivity contribution in [3.05, 3.63) is 29.8 Å². The normalized spacial score (nSPS) is 9.60. The van der Waals surface area contributed by atoms with Gasteiger partial charge in [0.1, 0.15) is 0 Å². The fraction of sp³-hybridized carbons (Fsp3) is 0.417. The summed E-state index contributed by atoms with van der Waals surface area (Å²) in [5.74, 6) is 0. The topological polar surface area (TPSA) is 47.8 Å². The van der Waals surface area contributed by atoms with Gasteiger partial charge in [0.05, 0.1) is 11.6 Å². The van der Waals surface area contributed by atoms with Crippen LogP contribution in [-0.2, 0) is 0 Å². The van der Waals surface area contributed by atoms with Crippen LogP contribution in [0.2, 0.25) is 0 Å². The van der Waals surface area contributed by atoms with Crippen LogP contribution in [0.3, 0.4) is 0 Å². The van der Waals surface area contributed by atoms with E-state index in [1.54, 1.807) is 0 Å². The van der Waals surface area contributed by atoms with Crippen molar-refractivity contribution in [1.29, 1.82) is 5.26 Å². The van der Waals surface area contributed by atoms with E-state index in [0.29, 0.717) is 5.56 Å². The zero-order valence-electron chi connectivity index (χ0n) is 9.09. The van der Waals surface area contributed by atoms with E-state index in [-0.39, 0.29) is 0 Å². The van der Waals surface area contributed by atoms with E-state index in [9.17, 15) is 0 Å². The third-order valence-electron chi connectivity index (χ3n) is 2.20. The number of rotatable bonds is 6.